The van der Waals surface area contributed by atoms with Gasteiger partial charge < -0.3 is 14.4 Å². The molecule has 0 spiro atoms. The molecular formula is C14H24N2O4S. The van der Waals surface area contributed by atoms with Crippen molar-refractivity contribution in [2.75, 3.05) is 19.8 Å². The van der Waals surface area contributed by atoms with Crippen LogP contribution in [0, 0.1) is 5.92 Å². The fraction of sp³-hybridized carbons (Fsp3) is 0.714. The first kappa shape index (κ1) is 16.5. The van der Waals surface area contributed by atoms with E-state index < -0.39 is 10.0 Å². The zero-order valence-electron chi connectivity index (χ0n) is 12.4. The van der Waals surface area contributed by atoms with Crippen LogP contribution in [0.15, 0.2) is 17.2 Å². The third-order valence-electron chi connectivity index (χ3n) is 3.80. The Morgan fingerprint density at radius 3 is 2.76 bits per heavy atom. The van der Waals surface area contributed by atoms with E-state index in [2.05, 4.69) is 4.72 Å². The molecule has 0 radical (unpaired) electrons. The van der Waals surface area contributed by atoms with Crippen LogP contribution in [0.3, 0.4) is 0 Å². The zero-order chi connectivity index (χ0) is 15.3. The molecule has 21 heavy (non-hydrogen) atoms. The van der Waals surface area contributed by atoms with Crippen LogP contribution >= 0.6 is 0 Å². The van der Waals surface area contributed by atoms with E-state index in [4.69, 9.17) is 4.74 Å². The van der Waals surface area contributed by atoms with Gasteiger partial charge in [-0.3, -0.25) is 0 Å². The number of sulfonamides is 1. The number of rotatable bonds is 7. The van der Waals surface area contributed by atoms with Crippen molar-refractivity contribution in [2.24, 2.45) is 5.92 Å². The number of nitrogens with zero attached hydrogens (tertiary/aromatic N) is 1. The summed E-state index contributed by atoms with van der Waals surface area (Å²) < 4.78 is 34.4. The van der Waals surface area contributed by atoms with Crippen LogP contribution in [0.4, 0.5) is 0 Å². The number of aromatic nitrogens is 1. The highest BCUT2D eigenvalue weighted by Crippen LogP contribution is 2.17. The maximum atomic E-state index is 12.3. The van der Waals surface area contributed by atoms with Gasteiger partial charge in [0, 0.05) is 38.2 Å². The number of hydrogen-bond acceptors (Lipinski definition) is 4. The molecule has 2 heterocycles. The lowest BCUT2D eigenvalue weighted by molar-refractivity contribution is 0.0678. The zero-order valence-corrected chi connectivity index (χ0v) is 13.2. The van der Waals surface area contributed by atoms with Gasteiger partial charge in [-0.15, -0.1) is 0 Å². The average molecular weight is 316 g/mol. The van der Waals surface area contributed by atoms with Crippen LogP contribution in [0.5, 0.6) is 0 Å². The van der Waals surface area contributed by atoms with Gasteiger partial charge in [0.1, 0.15) is 0 Å². The van der Waals surface area contributed by atoms with Gasteiger partial charge in [-0.25, -0.2) is 13.1 Å². The summed E-state index contributed by atoms with van der Waals surface area (Å²) in [4.78, 5) is 0.229. The molecule has 1 fully saturated rings. The number of nitrogens with one attached hydrogen (secondary N) is 1. The van der Waals surface area contributed by atoms with E-state index >= 15 is 0 Å². The molecular weight excluding hydrogens is 292 g/mol. The number of hydrogen-bond donors (Lipinski definition) is 2. The Morgan fingerprint density at radius 1 is 1.43 bits per heavy atom. The Hall–Kier alpha value is -0.890. The maximum Gasteiger partial charge on any atom is 0.242 e. The molecule has 0 aromatic carbocycles. The lowest BCUT2D eigenvalue weighted by Crippen LogP contribution is -2.32. The second-order valence-electron chi connectivity index (χ2n) is 5.43. The minimum Gasteiger partial charge on any atom is -0.390 e. The molecule has 0 amide bonds. The third kappa shape index (κ3) is 4.29. The molecule has 1 aliphatic heterocycles. The van der Waals surface area contributed by atoms with Gasteiger partial charge in [-0.2, -0.15) is 0 Å². The van der Waals surface area contributed by atoms with Gasteiger partial charge in [0.05, 0.1) is 11.5 Å². The van der Waals surface area contributed by atoms with Crippen LogP contribution in [0.25, 0.3) is 0 Å². The van der Waals surface area contributed by atoms with Crippen LogP contribution in [-0.4, -0.2) is 37.8 Å². The Bertz CT molecular complexity index is 547. The van der Waals surface area contributed by atoms with E-state index in [-0.39, 0.29) is 11.5 Å². The molecule has 0 unspecified atom stereocenters. The van der Waals surface area contributed by atoms with E-state index in [0.29, 0.717) is 37.9 Å². The first-order valence-electron chi connectivity index (χ1n) is 7.44. The molecule has 1 aliphatic rings. The first-order valence-corrected chi connectivity index (χ1v) is 8.92. The Kier molecular flexibility index (Phi) is 5.80. The van der Waals surface area contributed by atoms with Crippen molar-refractivity contribution < 1.29 is 18.3 Å². The molecule has 0 bridgehead atoms. The molecule has 0 aliphatic carbocycles. The van der Waals surface area contributed by atoms with Crippen LogP contribution < -0.4 is 4.72 Å². The summed E-state index contributed by atoms with van der Waals surface area (Å²) in [5, 5.41) is 9.31. The number of aliphatic hydroxyl groups is 1. The predicted octanol–water partition coefficient (Wildman–Crippen LogP) is 1.10. The highest BCUT2D eigenvalue weighted by atomic mass is 32.2. The van der Waals surface area contributed by atoms with Crippen LogP contribution in [0.2, 0.25) is 0 Å². The largest absolute Gasteiger partial charge is 0.390 e. The minimum absolute atomic E-state index is 0.157. The second kappa shape index (κ2) is 7.40. The molecule has 0 saturated carbocycles. The van der Waals surface area contributed by atoms with E-state index in [1.807, 2.05) is 6.92 Å². The summed E-state index contributed by atoms with van der Waals surface area (Å²) in [6, 6.07) is 1.54. The van der Waals surface area contributed by atoms with Crippen molar-refractivity contribution in [2.45, 2.75) is 44.2 Å². The lowest BCUT2D eigenvalue weighted by Gasteiger charge is -2.21. The van der Waals surface area contributed by atoms with Gasteiger partial charge in [0.15, 0.2) is 0 Å². The highest BCUT2D eigenvalue weighted by Gasteiger charge is 2.21. The summed E-state index contributed by atoms with van der Waals surface area (Å²) in [5.74, 6) is 0.337. The summed E-state index contributed by atoms with van der Waals surface area (Å²) in [7, 11) is -3.51. The van der Waals surface area contributed by atoms with Crippen LogP contribution in [-0.2, 0) is 27.9 Å². The third-order valence-corrected chi connectivity index (χ3v) is 5.19. The molecule has 7 heteroatoms. The predicted molar refractivity (Wildman–Crippen MR) is 79.4 cm³/mol. The van der Waals surface area contributed by atoms with Crippen molar-refractivity contribution in [3.63, 3.8) is 0 Å². The Labute approximate surface area is 126 Å². The van der Waals surface area contributed by atoms with E-state index in [1.165, 1.54) is 0 Å². The molecule has 0 atom stereocenters. The second-order valence-corrected chi connectivity index (χ2v) is 7.19. The smallest absolute Gasteiger partial charge is 0.242 e. The minimum atomic E-state index is -3.51. The van der Waals surface area contributed by atoms with Gasteiger partial charge >= 0.3 is 0 Å². The monoisotopic (exact) mass is 316 g/mol. The quantitative estimate of drug-likeness (QED) is 0.789. The van der Waals surface area contributed by atoms with E-state index in [0.717, 1.165) is 19.3 Å². The van der Waals surface area contributed by atoms with Gasteiger partial charge in [0.25, 0.3) is 0 Å². The Morgan fingerprint density at radius 2 is 2.14 bits per heavy atom. The standard InChI is InChI=1S/C14H24N2O4S/c1-2-5-16-10-14(8-13(16)11-17)21(18,19)15-9-12-3-6-20-7-4-12/h8,10,12,15,17H,2-7,9,11H2,1H3. The summed E-state index contributed by atoms with van der Waals surface area (Å²) in [5.41, 5.74) is 0.628. The van der Waals surface area contributed by atoms with Crippen molar-refractivity contribution in [1.29, 1.82) is 0 Å². The van der Waals surface area contributed by atoms with Crippen molar-refractivity contribution in [3.8, 4) is 0 Å². The summed E-state index contributed by atoms with van der Waals surface area (Å²) in [6.07, 6.45) is 4.26. The molecule has 1 aromatic heterocycles. The van der Waals surface area contributed by atoms with Gasteiger partial charge in [-0.05, 0) is 31.2 Å². The van der Waals surface area contributed by atoms with Gasteiger partial charge in [0.2, 0.25) is 10.0 Å². The number of aliphatic hydroxyl groups excluding tert-OH is 1. The highest BCUT2D eigenvalue weighted by molar-refractivity contribution is 7.89. The lowest BCUT2D eigenvalue weighted by atomic mass is 10.0. The molecule has 120 valence electrons. The maximum absolute atomic E-state index is 12.3. The van der Waals surface area contributed by atoms with Gasteiger partial charge in [-0.1, -0.05) is 6.92 Å². The molecule has 1 aromatic rings. The van der Waals surface area contributed by atoms with E-state index in [9.17, 15) is 13.5 Å². The normalized spacial score (nSPS) is 17.2. The SMILES string of the molecule is CCCn1cc(S(=O)(=O)NCC2CCOCC2)cc1CO. The van der Waals surface area contributed by atoms with Crippen molar-refractivity contribution >= 4 is 10.0 Å². The molecule has 2 rings (SSSR count). The Balaban J connectivity index is 2.04. The van der Waals surface area contributed by atoms with Crippen LogP contribution in [0.1, 0.15) is 31.9 Å². The molecule has 2 N–H and O–H groups in total. The average Bonchev–Trinajstić information content (AvgIpc) is 2.91. The van der Waals surface area contributed by atoms with Crippen molar-refractivity contribution in [1.82, 2.24) is 9.29 Å². The van der Waals surface area contributed by atoms with Crippen molar-refractivity contribution in [3.05, 3.63) is 18.0 Å². The summed E-state index contributed by atoms with van der Waals surface area (Å²) >= 11 is 0. The molecule has 1 saturated heterocycles. The number of ether oxygens (including phenoxy) is 1. The number of aryl methyl sites for hydroxylation is 1. The topological polar surface area (TPSA) is 80.6 Å². The van der Waals surface area contributed by atoms with E-state index in [1.54, 1.807) is 16.8 Å². The molecule has 6 nitrogen and oxygen atoms in total. The fourth-order valence-corrected chi connectivity index (χ4v) is 3.69. The summed E-state index contributed by atoms with van der Waals surface area (Å²) in [6.45, 7) is 4.40. The first-order chi connectivity index (χ1) is 10.1. The fourth-order valence-electron chi connectivity index (χ4n) is 2.51.